The summed E-state index contributed by atoms with van der Waals surface area (Å²) in [7, 11) is 0. The Morgan fingerprint density at radius 1 is 1.45 bits per heavy atom. The summed E-state index contributed by atoms with van der Waals surface area (Å²) in [5.41, 5.74) is 1.81. The number of non-ortho nitro benzene ring substituents is 1. The third-order valence-electron chi connectivity index (χ3n) is 2.77. The summed E-state index contributed by atoms with van der Waals surface area (Å²) in [6.07, 6.45) is 0. The lowest BCUT2D eigenvalue weighted by molar-refractivity contribution is -0.384. The van der Waals surface area contributed by atoms with Gasteiger partial charge in [-0.05, 0) is 19.9 Å². The fourth-order valence-electron chi connectivity index (χ4n) is 1.79. The van der Waals surface area contributed by atoms with E-state index in [1.54, 1.807) is 13.8 Å². The number of rotatable bonds is 3. The van der Waals surface area contributed by atoms with Crippen LogP contribution in [-0.4, -0.2) is 21.0 Å². The molecular weight excluding hydrogens is 284 g/mol. The van der Waals surface area contributed by atoms with Gasteiger partial charge in [-0.1, -0.05) is 11.6 Å². The van der Waals surface area contributed by atoms with Crippen molar-refractivity contribution < 1.29 is 9.72 Å². The first-order valence-corrected chi connectivity index (χ1v) is 6.05. The predicted octanol–water partition coefficient (Wildman–Crippen LogP) is 2.84. The summed E-state index contributed by atoms with van der Waals surface area (Å²) in [5, 5.41) is 20.0. The van der Waals surface area contributed by atoms with Crippen molar-refractivity contribution in [2.24, 2.45) is 0 Å². The number of aryl methyl sites for hydroxylation is 2. The topological polar surface area (TPSA) is 101 Å². The number of halogens is 1. The van der Waals surface area contributed by atoms with Crippen LogP contribution in [0.5, 0.6) is 0 Å². The molecule has 0 saturated heterocycles. The number of hydrogen-bond donors (Lipinski definition) is 2. The van der Waals surface area contributed by atoms with Crippen LogP contribution in [0.25, 0.3) is 0 Å². The molecule has 0 spiro atoms. The summed E-state index contributed by atoms with van der Waals surface area (Å²) in [4.78, 5) is 22.2. The Balaban J connectivity index is 2.27. The van der Waals surface area contributed by atoms with Gasteiger partial charge in [-0.15, -0.1) is 0 Å². The fraction of sp³-hybridized carbons (Fsp3) is 0.167. The number of anilines is 1. The van der Waals surface area contributed by atoms with Gasteiger partial charge in [0.1, 0.15) is 0 Å². The van der Waals surface area contributed by atoms with E-state index in [4.69, 9.17) is 11.6 Å². The molecule has 0 aliphatic heterocycles. The molecule has 1 heterocycles. The van der Waals surface area contributed by atoms with Gasteiger partial charge >= 0.3 is 0 Å². The Morgan fingerprint density at radius 3 is 2.65 bits per heavy atom. The molecule has 1 amide bonds. The van der Waals surface area contributed by atoms with E-state index in [2.05, 4.69) is 15.5 Å². The number of benzene rings is 1. The molecule has 2 rings (SSSR count). The second kappa shape index (κ2) is 5.30. The third-order valence-corrected chi connectivity index (χ3v) is 3.08. The van der Waals surface area contributed by atoms with Crippen molar-refractivity contribution in [1.29, 1.82) is 0 Å². The maximum atomic E-state index is 12.1. The number of aromatic amines is 1. The van der Waals surface area contributed by atoms with Crippen LogP contribution in [0.15, 0.2) is 18.2 Å². The van der Waals surface area contributed by atoms with E-state index in [1.807, 2.05) is 0 Å². The Bertz CT molecular complexity index is 677. The van der Waals surface area contributed by atoms with Crippen LogP contribution in [-0.2, 0) is 0 Å². The molecule has 1 aromatic carbocycles. The zero-order chi connectivity index (χ0) is 14.9. The van der Waals surface area contributed by atoms with Gasteiger partial charge in [-0.25, -0.2) is 0 Å². The number of carbonyl (C=O) groups excluding carboxylic acids is 1. The second-order valence-corrected chi connectivity index (χ2v) is 4.59. The molecule has 0 aliphatic rings. The molecule has 0 aliphatic carbocycles. The minimum absolute atomic E-state index is 0.103. The van der Waals surface area contributed by atoms with Gasteiger partial charge in [0.15, 0.2) is 0 Å². The monoisotopic (exact) mass is 294 g/mol. The number of amides is 1. The van der Waals surface area contributed by atoms with Crippen LogP contribution >= 0.6 is 11.6 Å². The van der Waals surface area contributed by atoms with Gasteiger partial charge in [0.2, 0.25) is 0 Å². The zero-order valence-electron chi connectivity index (χ0n) is 10.7. The van der Waals surface area contributed by atoms with E-state index in [1.165, 1.54) is 18.2 Å². The van der Waals surface area contributed by atoms with Crippen LogP contribution in [0.1, 0.15) is 21.7 Å². The SMILES string of the molecule is Cc1n[nH]c(C)c1C(=O)Nc1ccc([N+](=O)[O-])cc1Cl. The molecule has 2 N–H and O–H groups in total. The molecule has 20 heavy (non-hydrogen) atoms. The molecule has 8 heteroatoms. The van der Waals surface area contributed by atoms with E-state index >= 15 is 0 Å². The number of aromatic nitrogens is 2. The molecule has 0 saturated carbocycles. The van der Waals surface area contributed by atoms with Crippen molar-refractivity contribution in [2.45, 2.75) is 13.8 Å². The van der Waals surface area contributed by atoms with Gasteiger partial charge in [0.05, 0.1) is 26.9 Å². The average molecular weight is 295 g/mol. The molecule has 1 aromatic heterocycles. The lowest BCUT2D eigenvalue weighted by Gasteiger charge is -2.07. The molecule has 7 nitrogen and oxygen atoms in total. The molecule has 0 unspecified atom stereocenters. The van der Waals surface area contributed by atoms with Crippen molar-refractivity contribution >= 4 is 28.9 Å². The first kappa shape index (κ1) is 14.0. The number of nitrogens with one attached hydrogen (secondary N) is 2. The fourth-order valence-corrected chi connectivity index (χ4v) is 2.01. The van der Waals surface area contributed by atoms with Gasteiger partial charge in [0, 0.05) is 17.8 Å². The summed E-state index contributed by atoms with van der Waals surface area (Å²) < 4.78 is 0. The van der Waals surface area contributed by atoms with Crippen molar-refractivity contribution in [2.75, 3.05) is 5.32 Å². The van der Waals surface area contributed by atoms with Gasteiger partial charge in [0.25, 0.3) is 11.6 Å². The minimum atomic E-state index is -0.554. The normalized spacial score (nSPS) is 10.3. The number of nitrogens with zero attached hydrogens (tertiary/aromatic N) is 2. The average Bonchev–Trinajstić information content (AvgIpc) is 2.71. The minimum Gasteiger partial charge on any atom is -0.321 e. The number of carbonyl (C=O) groups is 1. The number of nitro benzene ring substituents is 1. The van der Waals surface area contributed by atoms with Crippen molar-refractivity contribution in [3.8, 4) is 0 Å². The summed E-state index contributed by atoms with van der Waals surface area (Å²) in [6.45, 7) is 3.43. The van der Waals surface area contributed by atoms with Crippen LogP contribution in [0.2, 0.25) is 5.02 Å². The van der Waals surface area contributed by atoms with E-state index in [0.717, 1.165) is 0 Å². The van der Waals surface area contributed by atoms with E-state index < -0.39 is 4.92 Å². The van der Waals surface area contributed by atoms with Gasteiger partial charge in [-0.2, -0.15) is 5.10 Å². The van der Waals surface area contributed by atoms with Crippen molar-refractivity contribution in [3.63, 3.8) is 0 Å². The Kier molecular flexibility index (Phi) is 3.71. The van der Waals surface area contributed by atoms with E-state index in [9.17, 15) is 14.9 Å². The standard InChI is InChI=1S/C12H11ClN4O3/c1-6-11(7(2)16-15-6)12(18)14-10-4-3-8(17(19)20)5-9(10)13/h3-5H,1-2H3,(H,14,18)(H,15,16). The summed E-state index contributed by atoms with van der Waals surface area (Å²) in [6, 6.07) is 3.85. The largest absolute Gasteiger partial charge is 0.321 e. The van der Waals surface area contributed by atoms with Crippen LogP contribution in [0.3, 0.4) is 0 Å². The molecule has 0 fully saturated rings. The first-order valence-electron chi connectivity index (χ1n) is 5.67. The molecule has 0 bridgehead atoms. The molecular formula is C12H11ClN4O3. The highest BCUT2D eigenvalue weighted by molar-refractivity contribution is 6.34. The Labute approximate surface area is 119 Å². The maximum absolute atomic E-state index is 12.1. The zero-order valence-corrected chi connectivity index (χ0v) is 11.5. The predicted molar refractivity (Wildman–Crippen MR) is 74.1 cm³/mol. The maximum Gasteiger partial charge on any atom is 0.271 e. The van der Waals surface area contributed by atoms with Crippen molar-refractivity contribution in [1.82, 2.24) is 10.2 Å². The highest BCUT2D eigenvalue weighted by Gasteiger charge is 2.17. The highest BCUT2D eigenvalue weighted by atomic mass is 35.5. The van der Waals surface area contributed by atoms with Gasteiger partial charge < -0.3 is 5.32 Å². The summed E-state index contributed by atoms with van der Waals surface area (Å²) in [5.74, 6) is -0.371. The number of hydrogen-bond acceptors (Lipinski definition) is 4. The quantitative estimate of drug-likeness (QED) is 0.671. The second-order valence-electron chi connectivity index (χ2n) is 4.18. The lowest BCUT2D eigenvalue weighted by atomic mass is 10.2. The number of nitro groups is 1. The smallest absolute Gasteiger partial charge is 0.271 e. The Hall–Kier alpha value is -2.41. The van der Waals surface area contributed by atoms with Crippen LogP contribution in [0, 0.1) is 24.0 Å². The molecule has 104 valence electrons. The van der Waals surface area contributed by atoms with Crippen LogP contribution in [0.4, 0.5) is 11.4 Å². The summed E-state index contributed by atoms with van der Waals surface area (Å²) >= 11 is 5.92. The van der Waals surface area contributed by atoms with E-state index in [0.29, 0.717) is 22.6 Å². The third kappa shape index (κ3) is 2.62. The van der Waals surface area contributed by atoms with Gasteiger partial charge in [-0.3, -0.25) is 20.0 Å². The number of H-pyrrole nitrogens is 1. The Morgan fingerprint density at radius 2 is 2.15 bits per heavy atom. The van der Waals surface area contributed by atoms with Crippen LogP contribution < -0.4 is 5.32 Å². The van der Waals surface area contributed by atoms with E-state index in [-0.39, 0.29) is 16.6 Å². The molecule has 0 radical (unpaired) electrons. The lowest BCUT2D eigenvalue weighted by Crippen LogP contribution is -2.14. The van der Waals surface area contributed by atoms with Crippen molar-refractivity contribution in [3.05, 3.63) is 50.3 Å². The highest BCUT2D eigenvalue weighted by Crippen LogP contribution is 2.27. The molecule has 2 aromatic rings. The first-order chi connectivity index (χ1) is 9.40. The molecule has 0 atom stereocenters.